The summed E-state index contributed by atoms with van der Waals surface area (Å²) in [4.78, 5) is 60.4. The molecule has 15 heteroatoms. The van der Waals surface area contributed by atoms with Crippen molar-refractivity contribution in [2.24, 2.45) is 5.11 Å². The average Bonchev–Trinajstić information content (AvgIpc) is 3.43. The number of imide groups is 1. The number of fused-ring (bicyclic) bond motifs is 1. The second-order valence-corrected chi connectivity index (χ2v) is 11.0. The molecule has 3 atom stereocenters. The Bertz CT molecular complexity index is 1790. The Hall–Kier alpha value is -5.56. The molecular formula is C32H29F3N6O6. The van der Waals surface area contributed by atoms with Gasteiger partial charge in [0.25, 0.3) is 11.8 Å². The Morgan fingerprint density at radius 1 is 1.00 bits per heavy atom. The fourth-order valence-electron chi connectivity index (χ4n) is 6.04. The van der Waals surface area contributed by atoms with Crippen molar-refractivity contribution >= 4 is 35.0 Å². The summed E-state index contributed by atoms with van der Waals surface area (Å²) in [6, 6.07) is 14.0. The number of methoxy groups -OCH3 is 2. The summed E-state index contributed by atoms with van der Waals surface area (Å²) in [7, 11) is 2.91. The number of benzene rings is 3. The second-order valence-electron chi connectivity index (χ2n) is 11.0. The molecule has 0 spiro atoms. The zero-order chi connectivity index (χ0) is 34.0. The molecule has 0 radical (unpaired) electrons. The van der Waals surface area contributed by atoms with Crippen LogP contribution in [0.1, 0.15) is 40.7 Å². The molecular weight excluding hydrogens is 621 g/mol. The highest BCUT2D eigenvalue weighted by atomic mass is 19.4. The van der Waals surface area contributed by atoms with Gasteiger partial charge >= 0.3 is 12.1 Å². The molecule has 1 unspecified atom stereocenters. The maximum atomic E-state index is 14.4. The van der Waals surface area contributed by atoms with Gasteiger partial charge < -0.3 is 19.3 Å². The number of alkyl halides is 3. The number of hydrogen-bond donors (Lipinski definition) is 0. The van der Waals surface area contributed by atoms with Crippen LogP contribution in [0.25, 0.3) is 10.4 Å². The maximum absolute atomic E-state index is 14.4. The first-order valence-electron chi connectivity index (χ1n) is 14.4. The first-order valence-corrected chi connectivity index (χ1v) is 14.4. The van der Waals surface area contributed by atoms with Gasteiger partial charge in [0.05, 0.1) is 26.5 Å². The lowest BCUT2D eigenvalue weighted by molar-refractivity contribution is -0.170. The maximum Gasteiger partial charge on any atom is 0.471 e. The SMILES string of the molecule is COc1ccc(CN2C(=O)[C@H](CC3CN(C(=O)C(F)(F)F)c4ccccc43)N(C(=O)c3ccccc3N=[N+]=[N-])C(=O)[C@@H]2C)c(OC)c1. The lowest BCUT2D eigenvalue weighted by atomic mass is 9.90. The summed E-state index contributed by atoms with van der Waals surface area (Å²) in [5.74, 6) is -4.38. The van der Waals surface area contributed by atoms with Gasteiger partial charge in [0, 0.05) is 40.3 Å². The molecule has 244 valence electrons. The summed E-state index contributed by atoms with van der Waals surface area (Å²) >= 11 is 0. The normalized spacial score (nSPS) is 19.3. The van der Waals surface area contributed by atoms with Crippen LogP contribution in [0.15, 0.2) is 71.8 Å². The van der Waals surface area contributed by atoms with E-state index in [4.69, 9.17) is 15.0 Å². The van der Waals surface area contributed by atoms with Gasteiger partial charge in [-0.05, 0) is 48.7 Å². The van der Waals surface area contributed by atoms with E-state index < -0.39 is 54.4 Å². The van der Waals surface area contributed by atoms with E-state index in [2.05, 4.69) is 10.0 Å². The number of para-hydroxylation sites is 1. The standard InChI is InChI=1S/C32H29F3N6O6/c1-18-28(42)41(29(43)23-9-4-6-10-24(23)37-38-36)26(30(44)39(18)16-19-12-13-21(46-2)15-27(19)47-3)14-20-17-40(31(45)32(33,34)35)25-11-7-5-8-22(20)25/h4-13,15,18,20,26H,14,16-17H2,1-3H3/t18-,20?,26-/m0/s1. The molecule has 0 aromatic heterocycles. The number of ether oxygens (including phenoxy) is 2. The molecule has 0 bridgehead atoms. The molecule has 2 aliphatic rings. The first kappa shape index (κ1) is 32.8. The molecule has 5 rings (SSSR count). The lowest BCUT2D eigenvalue weighted by Crippen LogP contribution is -2.65. The first-order chi connectivity index (χ1) is 22.4. The van der Waals surface area contributed by atoms with Crippen molar-refractivity contribution in [2.75, 3.05) is 25.7 Å². The van der Waals surface area contributed by atoms with Gasteiger partial charge in [0.15, 0.2) is 0 Å². The van der Waals surface area contributed by atoms with Crippen molar-refractivity contribution in [1.82, 2.24) is 9.80 Å². The Balaban J connectivity index is 1.57. The van der Waals surface area contributed by atoms with E-state index in [0.717, 1.165) is 4.90 Å². The number of carbonyl (C=O) groups excluding carboxylic acids is 4. The van der Waals surface area contributed by atoms with Crippen molar-refractivity contribution in [3.63, 3.8) is 0 Å². The van der Waals surface area contributed by atoms with Crippen molar-refractivity contribution in [1.29, 1.82) is 0 Å². The van der Waals surface area contributed by atoms with Crippen LogP contribution in [0, 0.1) is 0 Å². The molecule has 0 N–H and O–H groups in total. The number of halogens is 3. The number of rotatable bonds is 8. The minimum Gasteiger partial charge on any atom is -0.497 e. The van der Waals surface area contributed by atoms with Crippen LogP contribution in [-0.2, 0) is 20.9 Å². The van der Waals surface area contributed by atoms with Crippen molar-refractivity contribution < 1.29 is 41.8 Å². The van der Waals surface area contributed by atoms with Crippen molar-refractivity contribution in [3.05, 3.63) is 93.9 Å². The predicted octanol–water partition coefficient (Wildman–Crippen LogP) is 5.50. The van der Waals surface area contributed by atoms with Gasteiger partial charge in [0.2, 0.25) is 5.91 Å². The monoisotopic (exact) mass is 650 g/mol. The van der Waals surface area contributed by atoms with Crippen LogP contribution in [-0.4, -0.2) is 72.5 Å². The summed E-state index contributed by atoms with van der Waals surface area (Å²) in [5, 5.41) is 3.55. The molecule has 1 saturated heterocycles. The third-order valence-corrected chi connectivity index (χ3v) is 8.35. The topological polar surface area (TPSA) is 145 Å². The molecule has 2 heterocycles. The number of nitrogens with zero attached hydrogens (tertiary/aromatic N) is 6. The number of hydrogen-bond acceptors (Lipinski definition) is 7. The zero-order valence-electron chi connectivity index (χ0n) is 25.5. The van der Waals surface area contributed by atoms with Gasteiger partial charge in [-0.25, -0.2) is 0 Å². The molecule has 3 aromatic rings. The molecule has 4 amide bonds. The Morgan fingerprint density at radius 2 is 1.70 bits per heavy atom. The van der Waals surface area contributed by atoms with E-state index in [-0.39, 0.29) is 29.9 Å². The molecule has 2 aliphatic heterocycles. The van der Waals surface area contributed by atoms with E-state index in [9.17, 15) is 32.3 Å². The largest absolute Gasteiger partial charge is 0.497 e. The number of carbonyl (C=O) groups is 4. The van der Waals surface area contributed by atoms with Crippen LogP contribution < -0.4 is 14.4 Å². The van der Waals surface area contributed by atoms with Gasteiger partial charge in [-0.2, -0.15) is 13.2 Å². The molecule has 1 fully saturated rings. The number of azide groups is 1. The number of amides is 4. The van der Waals surface area contributed by atoms with Gasteiger partial charge in [-0.15, -0.1) is 0 Å². The number of piperazine rings is 1. The lowest BCUT2D eigenvalue weighted by Gasteiger charge is -2.44. The quantitative estimate of drug-likeness (QED) is 0.136. The van der Waals surface area contributed by atoms with Crippen LogP contribution in [0.5, 0.6) is 11.5 Å². The van der Waals surface area contributed by atoms with E-state index in [1.165, 1.54) is 62.4 Å². The molecule has 0 aliphatic carbocycles. The third-order valence-electron chi connectivity index (χ3n) is 8.35. The van der Waals surface area contributed by atoms with E-state index in [1.807, 2.05) is 0 Å². The van der Waals surface area contributed by atoms with Crippen LogP contribution >= 0.6 is 0 Å². The van der Waals surface area contributed by atoms with E-state index >= 15 is 0 Å². The number of anilines is 1. The minimum atomic E-state index is -5.16. The summed E-state index contributed by atoms with van der Waals surface area (Å²) in [6.45, 7) is 0.919. The second kappa shape index (κ2) is 13.0. The van der Waals surface area contributed by atoms with Gasteiger partial charge in [-0.3, -0.25) is 24.1 Å². The van der Waals surface area contributed by atoms with E-state index in [1.54, 1.807) is 30.3 Å². The van der Waals surface area contributed by atoms with E-state index in [0.29, 0.717) is 27.5 Å². The average molecular weight is 651 g/mol. The summed E-state index contributed by atoms with van der Waals surface area (Å²) in [6.07, 6.45) is -5.45. The zero-order valence-corrected chi connectivity index (χ0v) is 25.5. The summed E-state index contributed by atoms with van der Waals surface area (Å²) < 4.78 is 51.4. The Morgan fingerprint density at radius 3 is 2.38 bits per heavy atom. The molecule has 12 nitrogen and oxygen atoms in total. The third kappa shape index (κ3) is 6.17. The Kier molecular flexibility index (Phi) is 9.11. The van der Waals surface area contributed by atoms with Crippen LogP contribution in [0.4, 0.5) is 24.5 Å². The molecule has 0 saturated carbocycles. The highest BCUT2D eigenvalue weighted by Gasteiger charge is 2.51. The van der Waals surface area contributed by atoms with Gasteiger partial charge in [-0.1, -0.05) is 41.5 Å². The van der Waals surface area contributed by atoms with Crippen molar-refractivity contribution in [3.8, 4) is 11.5 Å². The predicted molar refractivity (Wildman–Crippen MR) is 162 cm³/mol. The Labute approximate surface area is 266 Å². The molecule has 47 heavy (non-hydrogen) atoms. The van der Waals surface area contributed by atoms with Crippen LogP contribution in [0.2, 0.25) is 0 Å². The fraction of sp³-hybridized carbons (Fsp3) is 0.312. The van der Waals surface area contributed by atoms with Crippen LogP contribution in [0.3, 0.4) is 0 Å². The summed E-state index contributed by atoms with van der Waals surface area (Å²) in [5.41, 5.74) is 9.74. The minimum absolute atomic E-state index is 0.0224. The smallest absolute Gasteiger partial charge is 0.471 e. The van der Waals surface area contributed by atoms with Gasteiger partial charge in [0.1, 0.15) is 23.6 Å². The highest BCUT2D eigenvalue weighted by molar-refractivity contribution is 6.13. The van der Waals surface area contributed by atoms with Crippen molar-refractivity contribution in [2.45, 2.75) is 44.1 Å². The fourth-order valence-corrected chi connectivity index (χ4v) is 6.04. The molecule has 3 aromatic carbocycles. The highest BCUT2D eigenvalue weighted by Crippen LogP contribution is 2.42.